The number of fused-ring (bicyclic) bond motifs is 2. The number of rotatable bonds is 3. The molecule has 3 aromatic carbocycles. The fraction of sp³-hybridized carbons (Fsp3) is 0.0952. The Bertz CT molecular complexity index is 1020. The van der Waals surface area contributed by atoms with Crippen LogP contribution in [0.1, 0.15) is 11.1 Å². The van der Waals surface area contributed by atoms with Crippen molar-refractivity contribution in [1.82, 2.24) is 0 Å². The molecule has 0 atom stereocenters. The number of hydrogen-bond donors (Lipinski definition) is 1. The fourth-order valence-electron chi connectivity index (χ4n) is 3.18. The van der Waals surface area contributed by atoms with E-state index in [0.29, 0.717) is 11.3 Å². The number of para-hydroxylation sites is 1. The maximum absolute atomic E-state index is 12.4. The molecule has 0 aliphatic carbocycles. The summed E-state index contributed by atoms with van der Waals surface area (Å²) in [6, 6.07) is 17.5. The minimum absolute atomic E-state index is 0.108. The van der Waals surface area contributed by atoms with Gasteiger partial charge in [-0.2, -0.15) is 0 Å². The van der Waals surface area contributed by atoms with E-state index in [0.717, 1.165) is 33.3 Å². The van der Waals surface area contributed by atoms with Gasteiger partial charge in [-0.1, -0.05) is 30.3 Å². The Kier molecular flexibility index (Phi) is 3.65. The Balaban J connectivity index is 1.98. The summed E-state index contributed by atoms with van der Waals surface area (Å²) in [4.78, 5) is 12.4. The molecule has 0 saturated carbocycles. The Morgan fingerprint density at radius 3 is 2.56 bits per heavy atom. The van der Waals surface area contributed by atoms with Gasteiger partial charge in [0.25, 0.3) is 5.91 Å². The highest BCUT2D eigenvalue weighted by molar-refractivity contribution is 6.35. The van der Waals surface area contributed by atoms with E-state index in [1.54, 1.807) is 14.2 Å². The number of nitrogens with one attached hydrogen (secondary N) is 1. The largest absolute Gasteiger partial charge is 0.497 e. The zero-order valence-electron chi connectivity index (χ0n) is 14.0. The van der Waals surface area contributed by atoms with Crippen LogP contribution in [-0.4, -0.2) is 20.1 Å². The monoisotopic (exact) mass is 331 g/mol. The highest BCUT2D eigenvalue weighted by Crippen LogP contribution is 2.37. The lowest BCUT2D eigenvalue weighted by molar-refractivity contribution is -0.110. The third-order valence-corrected chi connectivity index (χ3v) is 4.45. The topological polar surface area (TPSA) is 47.6 Å². The number of hydrogen-bond acceptors (Lipinski definition) is 3. The molecule has 1 aliphatic heterocycles. The summed E-state index contributed by atoms with van der Waals surface area (Å²) in [6.07, 6.45) is 1.89. The van der Waals surface area contributed by atoms with Gasteiger partial charge in [-0.05, 0) is 41.1 Å². The highest BCUT2D eigenvalue weighted by Gasteiger charge is 2.24. The number of benzene rings is 3. The first-order chi connectivity index (χ1) is 12.2. The standard InChI is InChI=1S/C21H17NO3/c1-24-14-9-7-13-8-10-20(25-2)17(16(13)11-14)12-18-15-5-3-4-6-19(15)22-21(18)23/h3-12H,1-2H3,(H,22,23)/b18-12-. The van der Waals surface area contributed by atoms with Gasteiger partial charge in [-0.25, -0.2) is 0 Å². The summed E-state index contributed by atoms with van der Waals surface area (Å²) in [6.45, 7) is 0. The van der Waals surface area contributed by atoms with E-state index in [2.05, 4.69) is 5.32 Å². The molecule has 0 saturated heterocycles. The number of ether oxygens (including phenoxy) is 2. The number of anilines is 1. The molecule has 3 aromatic rings. The summed E-state index contributed by atoms with van der Waals surface area (Å²) < 4.78 is 10.9. The quantitative estimate of drug-likeness (QED) is 0.726. The van der Waals surface area contributed by atoms with Crippen LogP contribution < -0.4 is 14.8 Å². The van der Waals surface area contributed by atoms with Crippen LogP contribution in [0.4, 0.5) is 5.69 Å². The van der Waals surface area contributed by atoms with Crippen molar-refractivity contribution in [2.45, 2.75) is 0 Å². The van der Waals surface area contributed by atoms with Crippen LogP contribution in [0.3, 0.4) is 0 Å². The molecule has 0 aromatic heterocycles. The SMILES string of the molecule is COc1ccc2ccc(OC)c(/C=C3\C(=O)Nc4ccccc43)c2c1. The van der Waals surface area contributed by atoms with Gasteiger partial charge in [0, 0.05) is 22.4 Å². The molecule has 0 unspecified atom stereocenters. The predicted molar refractivity (Wildman–Crippen MR) is 100.0 cm³/mol. The zero-order valence-corrected chi connectivity index (χ0v) is 14.0. The van der Waals surface area contributed by atoms with Crippen LogP contribution in [0.5, 0.6) is 11.5 Å². The lowest BCUT2D eigenvalue weighted by atomic mass is 9.98. The normalized spacial score (nSPS) is 14.5. The van der Waals surface area contributed by atoms with Gasteiger partial charge in [0.1, 0.15) is 11.5 Å². The first kappa shape index (κ1) is 15.3. The van der Waals surface area contributed by atoms with E-state index in [1.807, 2.05) is 60.7 Å². The summed E-state index contributed by atoms with van der Waals surface area (Å²) in [5.41, 5.74) is 3.22. The molecule has 124 valence electrons. The van der Waals surface area contributed by atoms with E-state index in [4.69, 9.17) is 9.47 Å². The fourth-order valence-corrected chi connectivity index (χ4v) is 3.18. The molecular weight excluding hydrogens is 314 g/mol. The lowest BCUT2D eigenvalue weighted by Gasteiger charge is -2.11. The third-order valence-electron chi connectivity index (χ3n) is 4.45. The molecule has 0 spiro atoms. The van der Waals surface area contributed by atoms with Crippen LogP contribution in [0.25, 0.3) is 22.4 Å². The molecule has 1 N–H and O–H groups in total. The molecular formula is C21H17NO3. The number of carbonyl (C=O) groups is 1. The van der Waals surface area contributed by atoms with E-state index >= 15 is 0 Å². The molecule has 0 bridgehead atoms. The van der Waals surface area contributed by atoms with E-state index in [9.17, 15) is 4.79 Å². The number of amides is 1. The number of methoxy groups -OCH3 is 2. The molecule has 0 fully saturated rings. The van der Waals surface area contributed by atoms with Crippen LogP contribution in [0, 0.1) is 0 Å². The van der Waals surface area contributed by atoms with Gasteiger partial charge in [-0.3, -0.25) is 4.79 Å². The molecule has 1 amide bonds. The molecule has 4 rings (SSSR count). The maximum atomic E-state index is 12.4. The first-order valence-corrected chi connectivity index (χ1v) is 7.98. The molecule has 1 heterocycles. The second-order valence-electron chi connectivity index (χ2n) is 5.83. The highest BCUT2D eigenvalue weighted by atomic mass is 16.5. The molecule has 25 heavy (non-hydrogen) atoms. The lowest BCUT2D eigenvalue weighted by Crippen LogP contribution is -2.03. The minimum atomic E-state index is -0.108. The summed E-state index contributed by atoms with van der Waals surface area (Å²) in [5, 5.41) is 4.93. The third kappa shape index (κ3) is 2.52. The van der Waals surface area contributed by atoms with Gasteiger partial charge in [0.2, 0.25) is 0 Å². The van der Waals surface area contributed by atoms with Crippen molar-refractivity contribution in [3.05, 3.63) is 65.7 Å². The van der Waals surface area contributed by atoms with Gasteiger partial charge >= 0.3 is 0 Å². The first-order valence-electron chi connectivity index (χ1n) is 7.98. The molecule has 4 nitrogen and oxygen atoms in total. The van der Waals surface area contributed by atoms with Crippen LogP contribution in [-0.2, 0) is 4.79 Å². The number of carbonyl (C=O) groups excluding carboxylic acids is 1. The molecule has 4 heteroatoms. The van der Waals surface area contributed by atoms with Crippen molar-refractivity contribution in [3.8, 4) is 11.5 Å². The maximum Gasteiger partial charge on any atom is 0.256 e. The van der Waals surface area contributed by atoms with Crippen molar-refractivity contribution in [1.29, 1.82) is 0 Å². The summed E-state index contributed by atoms with van der Waals surface area (Å²) in [7, 11) is 3.27. The summed E-state index contributed by atoms with van der Waals surface area (Å²) in [5.74, 6) is 1.37. The minimum Gasteiger partial charge on any atom is -0.497 e. The van der Waals surface area contributed by atoms with E-state index in [1.165, 1.54) is 0 Å². The van der Waals surface area contributed by atoms with Crippen molar-refractivity contribution < 1.29 is 14.3 Å². The van der Waals surface area contributed by atoms with Crippen molar-refractivity contribution in [2.75, 3.05) is 19.5 Å². The Hall–Kier alpha value is -3.27. The van der Waals surface area contributed by atoms with Crippen molar-refractivity contribution in [2.24, 2.45) is 0 Å². The second-order valence-corrected chi connectivity index (χ2v) is 5.83. The van der Waals surface area contributed by atoms with Crippen molar-refractivity contribution in [3.63, 3.8) is 0 Å². The van der Waals surface area contributed by atoms with Crippen molar-refractivity contribution >= 4 is 34.0 Å². The zero-order chi connectivity index (χ0) is 17.4. The van der Waals surface area contributed by atoms with E-state index in [-0.39, 0.29) is 5.91 Å². The molecule has 0 radical (unpaired) electrons. The molecule has 1 aliphatic rings. The average molecular weight is 331 g/mol. The Morgan fingerprint density at radius 1 is 0.960 bits per heavy atom. The summed E-state index contributed by atoms with van der Waals surface area (Å²) >= 11 is 0. The average Bonchev–Trinajstić information content (AvgIpc) is 2.97. The van der Waals surface area contributed by atoms with Crippen LogP contribution in [0.2, 0.25) is 0 Å². The van der Waals surface area contributed by atoms with Crippen LogP contribution in [0.15, 0.2) is 54.6 Å². The van der Waals surface area contributed by atoms with Gasteiger partial charge in [0.05, 0.1) is 14.2 Å². The van der Waals surface area contributed by atoms with Gasteiger partial charge in [-0.15, -0.1) is 0 Å². The van der Waals surface area contributed by atoms with Gasteiger partial charge in [0.15, 0.2) is 0 Å². The van der Waals surface area contributed by atoms with E-state index < -0.39 is 0 Å². The second kappa shape index (κ2) is 5.98. The predicted octanol–water partition coefficient (Wildman–Crippen LogP) is 4.35. The Morgan fingerprint density at radius 2 is 1.76 bits per heavy atom. The van der Waals surface area contributed by atoms with Gasteiger partial charge < -0.3 is 14.8 Å². The smallest absolute Gasteiger partial charge is 0.256 e. The van der Waals surface area contributed by atoms with Crippen LogP contribution >= 0.6 is 0 Å². The Labute approximate surface area is 145 Å².